The molecule has 0 fully saturated rings. The fourth-order valence-electron chi connectivity index (χ4n) is 3.56. The molecule has 0 aromatic heterocycles. The van der Waals surface area contributed by atoms with Crippen molar-refractivity contribution in [1.29, 1.82) is 0 Å². The molecule has 0 spiro atoms. The van der Waals surface area contributed by atoms with Gasteiger partial charge in [0.25, 0.3) is 0 Å². The first-order valence-electron chi connectivity index (χ1n) is 11.6. The summed E-state index contributed by atoms with van der Waals surface area (Å²) in [5.74, 6) is 2.32. The molecule has 0 aliphatic heterocycles. The molecule has 3 aromatic rings. The lowest BCUT2D eigenvalue weighted by atomic mass is 10.1. The standard InChI is InChI=1S/C28H34O3Si/c1-2-3-4-5-6-7-8-18-25-32(29-26-19-12-9-13-20-26,30-27-21-14-10-15-22-27)31-28-23-16-11-17-24-28/h2,9-17,19-24H,1,3-8,18,25H2. The first-order chi connectivity index (χ1) is 15.8. The van der Waals surface area contributed by atoms with Crippen LogP contribution in [0.15, 0.2) is 104 Å². The molecule has 0 atom stereocenters. The van der Waals surface area contributed by atoms with E-state index in [1.807, 2.05) is 97.1 Å². The summed E-state index contributed by atoms with van der Waals surface area (Å²) in [6, 6.07) is 30.3. The van der Waals surface area contributed by atoms with Crippen LogP contribution >= 0.6 is 0 Å². The topological polar surface area (TPSA) is 27.7 Å². The van der Waals surface area contributed by atoms with Crippen LogP contribution in [0.1, 0.15) is 44.9 Å². The summed E-state index contributed by atoms with van der Waals surface area (Å²) in [4.78, 5) is 0. The number of para-hydroxylation sites is 3. The molecule has 0 radical (unpaired) electrons. The van der Waals surface area contributed by atoms with Gasteiger partial charge in [0.2, 0.25) is 0 Å². The van der Waals surface area contributed by atoms with Crippen molar-refractivity contribution >= 4 is 8.80 Å². The van der Waals surface area contributed by atoms with Gasteiger partial charge in [-0.2, -0.15) is 0 Å². The molecule has 0 N–H and O–H groups in total. The highest BCUT2D eigenvalue weighted by Crippen LogP contribution is 2.28. The van der Waals surface area contributed by atoms with Crippen molar-refractivity contribution < 1.29 is 13.3 Å². The maximum Gasteiger partial charge on any atom is 0.699 e. The normalized spacial score (nSPS) is 11.0. The zero-order chi connectivity index (χ0) is 22.3. The van der Waals surface area contributed by atoms with E-state index in [1.165, 1.54) is 25.7 Å². The van der Waals surface area contributed by atoms with Crippen molar-refractivity contribution in [2.45, 2.75) is 51.0 Å². The Kier molecular flexibility index (Phi) is 9.94. The maximum atomic E-state index is 6.55. The second-order valence-corrected chi connectivity index (χ2v) is 10.4. The molecular formula is C28H34O3Si. The minimum Gasteiger partial charge on any atom is -0.483 e. The van der Waals surface area contributed by atoms with Gasteiger partial charge in [-0.05, 0) is 55.7 Å². The molecule has 0 unspecified atom stereocenters. The van der Waals surface area contributed by atoms with Gasteiger partial charge in [-0.15, -0.1) is 6.58 Å². The first kappa shape index (κ1) is 23.7. The van der Waals surface area contributed by atoms with Gasteiger partial charge in [-0.1, -0.05) is 86.4 Å². The molecule has 0 saturated heterocycles. The zero-order valence-electron chi connectivity index (χ0n) is 18.8. The molecule has 0 bridgehead atoms. The fourth-order valence-corrected chi connectivity index (χ4v) is 6.16. The summed E-state index contributed by atoms with van der Waals surface area (Å²) >= 11 is 0. The van der Waals surface area contributed by atoms with Crippen LogP contribution in [-0.4, -0.2) is 8.80 Å². The Morgan fingerprint density at radius 2 is 0.906 bits per heavy atom. The highest BCUT2D eigenvalue weighted by Gasteiger charge is 2.48. The lowest BCUT2D eigenvalue weighted by Gasteiger charge is -2.30. The van der Waals surface area contributed by atoms with Crippen molar-refractivity contribution in [3.63, 3.8) is 0 Å². The third-order valence-corrected chi connectivity index (χ3v) is 7.80. The first-order valence-corrected chi connectivity index (χ1v) is 13.6. The molecular weight excluding hydrogens is 412 g/mol. The van der Waals surface area contributed by atoms with E-state index < -0.39 is 8.80 Å². The maximum absolute atomic E-state index is 6.55. The average molecular weight is 447 g/mol. The van der Waals surface area contributed by atoms with Crippen molar-refractivity contribution in [2.24, 2.45) is 0 Å². The predicted molar refractivity (Wildman–Crippen MR) is 134 cm³/mol. The Hall–Kier alpha value is -2.98. The van der Waals surface area contributed by atoms with Crippen LogP contribution in [0.4, 0.5) is 0 Å². The van der Waals surface area contributed by atoms with E-state index in [4.69, 9.17) is 13.3 Å². The van der Waals surface area contributed by atoms with E-state index in [0.717, 1.165) is 42.6 Å². The van der Waals surface area contributed by atoms with E-state index in [0.29, 0.717) is 0 Å². The van der Waals surface area contributed by atoms with Gasteiger partial charge < -0.3 is 13.3 Å². The average Bonchev–Trinajstić information content (AvgIpc) is 2.83. The van der Waals surface area contributed by atoms with Gasteiger partial charge >= 0.3 is 8.80 Å². The predicted octanol–water partition coefficient (Wildman–Crippen LogP) is 8.08. The fraction of sp³-hybridized carbons (Fsp3) is 0.286. The van der Waals surface area contributed by atoms with Gasteiger partial charge in [-0.3, -0.25) is 0 Å². The number of allylic oxidation sites excluding steroid dienone is 1. The van der Waals surface area contributed by atoms with Gasteiger partial charge in [0.05, 0.1) is 6.04 Å². The van der Waals surface area contributed by atoms with Crippen molar-refractivity contribution in [3.05, 3.63) is 104 Å². The van der Waals surface area contributed by atoms with E-state index in [1.54, 1.807) is 0 Å². The third-order valence-electron chi connectivity index (χ3n) is 5.19. The Labute approximate surface area is 194 Å². The highest BCUT2D eigenvalue weighted by atomic mass is 28.4. The van der Waals surface area contributed by atoms with Crippen molar-refractivity contribution in [3.8, 4) is 17.2 Å². The zero-order valence-corrected chi connectivity index (χ0v) is 19.8. The molecule has 4 heteroatoms. The molecule has 32 heavy (non-hydrogen) atoms. The van der Waals surface area contributed by atoms with Gasteiger partial charge in [-0.25, -0.2) is 0 Å². The van der Waals surface area contributed by atoms with E-state index in [-0.39, 0.29) is 0 Å². The quantitative estimate of drug-likeness (QED) is 0.134. The van der Waals surface area contributed by atoms with Crippen LogP contribution in [0.2, 0.25) is 6.04 Å². The Morgan fingerprint density at radius 3 is 1.31 bits per heavy atom. The number of rotatable bonds is 15. The molecule has 3 aromatic carbocycles. The Bertz CT molecular complexity index is 783. The number of hydrogen-bond donors (Lipinski definition) is 0. The van der Waals surface area contributed by atoms with Gasteiger partial charge in [0, 0.05) is 0 Å². The van der Waals surface area contributed by atoms with E-state index in [2.05, 4.69) is 6.58 Å². The molecule has 3 nitrogen and oxygen atoms in total. The third kappa shape index (κ3) is 8.27. The summed E-state index contributed by atoms with van der Waals surface area (Å²) in [6.45, 7) is 3.80. The Morgan fingerprint density at radius 1 is 0.531 bits per heavy atom. The summed E-state index contributed by atoms with van der Waals surface area (Å²) in [5.41, 5.74) is 0. The molecule has 3 rings (SSSR count). The summed E-state index contributed by atoms with van der Waals surface area (Å²) in [6.07, 6.45) is 10.2. The Balaban J connectivity index is 1.74. The van der Waals surface area contributed by atoms with Gasteiger partial charge in [0.15, 0.2) is 0 Å². The molecule has 168 valence electrons. The molecule has 0 aliphatic carbocycles. The van der Waals surface area contributed by atoms with Crippen LogP contribution < -0.4 is 13.3 Å². The minimum absolute atomic E-state index is 0.748. The molecule has 0 aliphatic rings. The second-order valence-electron chi connectivity index (χ2n) is 7.88. The van der Waals surface area contributed by atoms with Crippen LogP contribution in [0, 0.1) is 0 Å². The second kappa shape index (κ2) is 13.4. The van der Waals surface area contributed by atoms with Crippen LogP contribution in [0.5, 0.6) is 17.2 Å². The monoisotopic (exact) mass is 446 g/mol. The van der Waals surface area contributed by atoms with Crippen molar-refractivity contribution in [1.82, 2.24) is 0 Å². The molecule has 0 saturated carbocycles. The minimum atomic E-state index is -3.11. The van der Waals surface area contributed by atoms with E-state index in [9.17, 15) is 0 Å². The lowest BCUT2D eigenvalue weighted by molar-refractivity contribution is 0.258. The highest BCUT2D eigenvalue weighted by molar-refractivity contribution is 6.63. The SMILES string of the molecule is C=CCCCCCCCC[Si](Oc1ccccc1)(Oc1ccccc1)Oc1ccccc1. The molecule has 0 heterocycles. The van der Waals surface area contributed by atoms with Crippen LogP contribution in [0.25, 0.3) is 0 Å². The number of unbranched alkanes of at least 4 members (excludes halogenated alkanes) is 6. The smallest absolute Gasteiger partial charge is 0.483 e. The van der Waals surface area contributed by atoms with Crippen LogP contribution in [-0.2, 0) is 0 Å². The molecule has 0 amide bonds. The summed E-state index contributed by atoms with van der Waals surface area (Å²) < 4.78 is 19.7. The van der Waals surface area contributed by atoms with Crippen molar-refractivity contribution in [2.75, 3.05) is 0 Å². The van der Waals surface area contributed by atoms with Crippen LogP contribution in [0.3, 0.4) is 0 Å². The lowest BCUT2D eigenvalue weighted by Crippen LogP contribution is -2.54. The van der Waals surface area contributed by atoms with E-state index >= 15 is 0 Å². The summed E-state index contributed by atoms with van der Waals surface area (Å²) in [7, 11) is -3.11. The number of hydrogen-bond acceptors (Lipinski definition) is 3. The van der Waals surface area contributed by atoms with Gasteiger partial charge in [0.1, 0.15) is 17.2 Å². The largest absolute Gasteiger partial charge is 0.699 e. The summed E-state index contributed by atoms with van der Waals surface area (Å²) in [5, 5.41) is 0. The number of benzene rings is 3.